The number of amides is 1. The lowest BCUT2D eigenvalue weighted by Gasteiger charge is -2.34. The maximum Gasteiger partial charge on any atom is 0.270 e. The zero-order valence-electron chi connectivity index (χ0n) is 14.3. The fraction of sp³-hybridized carbons (Fsp3) is 0.316. The second kappa shape index (κ2) is 8.39. The SMILES string of the molecule is C=CCNC(=O)c1ccnc(N2CCN(Cc3ccccc3)CC2)n1. The molecular formula is C19H23N5O. The van der Waals surface area contributed by atoms with E-state index in [0.717, 1.165) is 32.7 Å². The predicted octanol–water partition coefficient (Wildman–Crippen LogP) is 1.71. The van der Waals surface area contributed by atoms with E-state index in [-0.39, 0.29) is 5.91 Å². The number of nitrogens with one attached hydrogen (secondary N) is 1. The Morgan fingerprint density at radius 3 is 2.64 bits per heavy atom. The van der Waals surface area contributed by atoms with Crippen LogP contribution in [0.25, 0.3) is 0 Å². The van der Waals surface area contributed by atoms with E-state index in [0.29, 0.717) is 18.2 Å². The number of carbonyl (C=O) groups is 1. The van der Waals surface area contributed by atoms with Gasteiger partial charge in [0.2, 0.25) is 5.95 Å². The molecule has 0 radical (unpaired) electrons. The van der Waals surface area contributed by atoms with Gasteiger partial charge in [-0.1, -0.05) is 36.4 Å². The van der Waals surface area contributed by atoms with Crippen molar-refractivity contribution in [2.45, 2.75) is 6.54 Å². The Morgan fingerprint density at radius 1 is 1.16 bits per heavy atom. The molecule has 3 rings (SSSR count). The minimum atomic E-state index is -0.203. The van der Waals surface area contributed by atoms with Gasteiger partial charge in [-0.3, -0.25) is 9.69 Å². The highest BCUT2D eigenvalue weighted by molar-refractivity contribution is 5.92. The standard InChI is InChI=1S/C19H23N5O/c1-2-9-20-18(25)17-8-10-21-19(22-17)24-13-11-23(12-14-24)15-16-6-4-3-5-7-16/h2-8,10H,1,9,11-15H2,(H,20,25). The summed E-state index contributed by atoms with van der Waals surface area (Å²) in [4.78, 5) is 25.3. The summed E-state index contributed by atoms with van der Waals surface area (Å²) < 4.78 is 0. The van der Waals surface area contributed by atoms with E-state index in [1.807, 2.05) is 6.07 Å². The van der Waals surface area contributed by atoms with E-state index in [1.54, 1.807) is 18.3 Å². The number of carbonyl (C=O) groups excluding carboxylic acids is 1. The van der Waals surface area contributed by atoms with E-state index in [4.69, 9.17) is 0 Å². The molecule has 2 heterocycles. The predicted molar refractivity (Wildman–Crippen MR) is 98.5 cm³/mol. The van der Waals surface area contributed by atoms with Crippen LogP contribution in [0.5, 0.6) is 0 Å². The van der Waals surface area contributed by atoms with Gasteiger partial charge in [0.1, 0.15) is 5.69 Å². The maximum atomic E-state index is 12.0. The molecule has 1 aromatic heterocycles. The van der Waals surface area contributed by atoms with Crippen LogP contribution >= 0.6 is 0 Å². The van der Waals surface area contributed by atoms with Gasteiger partial charge >= 0.3 is 0 Å². The summed E-state index contributed by atoms with van der Waals surface area (Å²) in [5.41, 5.74) is 1.71. The van der Waals surface area contributed by atoms with Gasteiger partial charge in [-0.2, -0.15) is 0 Å². The van der Waals surface area contributed by atoms with Gasteiger partial charge in [0.25, 0.3) is 5.91 Å². The first-order valence-electron chi connectivity index (χ1n) is 8.49. The highest BCUT2D eigenvalue weighted by Crippen LogP contribution is 2.13. The summed E-state index contributed by atoms with van der Waals surface area (Å²) >= 11 is 0. The van der Waals surface area contributed by atoms with Crippen molar-refractivity contribution in [1.29, 1.82) is 0 Å². The van der Waals surface area contributed by atoms with Crippen molar-refractivity contribution in [1.82, 2.24) is 20.2 Å². The molecule has 0 saturated carbocycles. The molecule has 130 valence electrons. The van der Waals surface area contributed by atoms with E-state index >= 15 is 0 Å². The van der Waals surface area contributed by atoms with Crippen molar-refractivity contribution in [3.05, 3.63) is 66.5 Å². The molecule has 0 atom stereocenters. The first-order chi connectivity index (χ1) is 12.3. The van der Waals surface area contributed by atoms with Crippen molar-refractivity contribution in [3.63, 3.8) is 0 Å². The molecule has 2 aromatic rings. The Balaban J connectivity index is 1.57. The summed E-state index contributed by atoms with van der Waals surface area (Å²) in [6.45, 7) is 8.58. The number of rotatable bonds is 6. The van der Waals surface area contributed by atoms with Gasteiger partial charge in [0, 0.05) is 45.5 Å². The van der Waals surface area contributed by atoms with Crippen molar-refractivity contribution in [2.24, 2.45) is 0 Å². The topological polar surface area (TPSA) is 61.4 Å². The molecule has 6 heteroatoms. The Hall–Kier alpha value is -2.73. The van der Waals surface area contributed by atoms with Crippen molar-refractivity contribution in [3.8, 4) is 0 Å². The van der Waals surface area contributed by atoms with E-state index in [1.165, 1.54) is 5.56 Å². The quantitative estimate of drug-likeness (QED) is 0.813. The van der Waals surface area contributed by atoms with E-state index in [2.05, 4.69) is 55.9 Å². The molecular weight excluding hydrogens is 314 g/mol. The summed E-state index contributed by atoms with van der Waals surface area (Å²) in [5, 5.41) is 2.74. The molecule has 1 aliphatic rings. The third-order valence-corrected chi connectivity index (χ3v) is 4.19. The van der Waals surface area contributed by atoms with Crippen LogP contribution in [0.2, 0.25) is 0 Å². The average Bonchev–Trinajstić information content (AvgIpc) is 2.67. The van der Waals surface area contributed by atoms with Crippen molar-refractivity contribution >= 4 is 11.9 Å². The van der Waals surface area contributed by atoms with E-state index < -0.39 is 0 Å². The molecule has 6 nitrogen and oxygen atoms in total. The van der Waals surface area contributed by atoms with Crippen molar-refractivity contribution in [2.75, 3.05) is 37.6 Å². The van der Waals surface area contributed by atoms with Gasteiger partial charge in [-0.15, -0.1) is 6.58 Å². The summed E-state index contributed by atoms with van der Waals surface area (Å²) in [5.74, 6) is 0.414. The summed E-state index contributed by atoms with van der Waals surface area (Å²) in [7, 11) is 0. The molecule has 0 bridgehead atoms. The largest absolute Gasteiger partial charge is 0.347 e. The Bertz CT molecular complexity index is 711. The average molecular weight is 337 g/mol. The van der Waals surface area contributed by atoms with Crippen LogP contribution in [0, 0.1) is 0 Å². The Morgan fingerprint density at radius 2 is 1.92 bits per heavy atom. The number of hydrogen-bond acceptors (Lipinski definition) is 5. The third kappa shape index (κ3) is 4.64. The zero-order chi connectivity index (χ0) is 17.5. The number of anilines is 1. The van der Waals surface area contributed by atoms with Gasteiger partial charge in [-0.05, 0) is 11.6 Å². The molecule has 0 aliphatic carbocycles. The molecule has 1 fully saturated rings. The van der Waals surface area contributed by atoms with Gasteiger partial charge < -0.3 is 10.2 Å². The van der Waals surface area contributed by atoms with Gasteiger partial charge in [0.05, 0.1) is 0 Å². The number of hydrogen-bond donors (Lipinski definition) is 1. The first-order valence-corrected chi connectivity index (χ1v) is 8.49. The van der Waals surface area contributed by atoms with Crippen LogP contribution in [-0.2, 0) is 6.54 Å². The molecule has 1 saturated heterocycles. The number of benzene rings is 1. The molecule has 1 aromatic carbocycles. The maximum absolute atomic E-state index is 12.0. The van der Waals surface area contributed by atoms with Crippen LogP contribution < -0.4 is 10.2 Å². The van der Waals surface area contributed by atoms with Crippen molar-refractivity contribution < 1.29 is 4.79 Å². The van der Waals surface area contributed by atoms with Crippen LogP contribution in [0.1, 0.15) is 16.1 Å². The fourth-order valence-electron chi connectivity index (χ4n) is 2.83. The highest BCUT2D eigenvalue weighted by Gasteiger charge is 2.20. The lowest BCUT2D eigenvalue weighted by atomic mass is 10.2. The number of nitrogens with zero attached hydrogens (tertiary/aromatic N) is 4. The second-order valence-electron chi connectivity index (χ2n) is 5.99. The highest BCUT2D eigenvalue weighted by atomic mass is 16.1. The number of aromatic nitrogens is 2. The monoisotopic (exact) mass is 337 g/mol. The molecule has 1 N–H and O–H groups in total. The fourth-order valence-corrected chi connectivity index (χ4v) is 2.83. The van der Waals surface area contributed by atoms with Crippen LogP contribution in [-0.4, -0.2) is 53.5 Å². The molecule has 25 heavy (non-hydrogen) atoms. The van der Waals surface area contributed by atoms with Crippen LogP contribution in [0.4, 0.5) is 5.95 Å². The first kappa shape index (κ1) is 17.1. The minimum Gasteiger partial charge on any atom is -0.347 e. The lowest BCUT2D eigenvalue weighted by molar-refractivity contribution is 0.0953. The lowest BCUT2D eigenvalue weighted by Crippen LogP contribution is -2.46. The minimum absolute atomic E-state index is 0.203. The summed E-state index contributed by atoms with van der Waals surface area (Å²) in [6, 6.07) is 12.1. The normalized spacial score (nSPS) is 15.0. The molecule has 1 aliphatic heterocycles. The molecule has 1 amide bonds. The zero-order valence-corrected chi connectivity index (χ0v) is 14.3. The Kier molecular flexibility index (Phi) is 5.74. The van der Waals surface area contributed by atoms with Crippen LogP contribution in [0.15, 0.2) is 55.3 Å². The third-order valence-electron chi connectivity index (χ3n) is 4.19. The Labute approximate surface area is 148 Å². The van der Waals surface area contributed by atoms with E-state index in [9.17, 15) is 4.79 Å². The second-order valence-corrected chi connectivity index (χ2v) is 5.99. The smallest absolute Gasteiger partial charge is 0.270 e. The van der Waals surface area contributed by atoms with Gasteiger partial charge in [-0.25, -0.2) is 9.97 Å². The van der Waals surface area contributed by atoms with Gasteiger partial charge in [0.15, 0.2) is 0 Å². The summed E-state index contributed by atoms with van der Waals surface area (Å²) in [6.07, 6.45) is 3.29. The molecule has 0 spiro atoms. The van der Waals surface area contributed by atoms with Crippen LogP contribution in [0.3, 0.4) is 0 Å². The number of piperazine rings is 1. The molecule has 0 unspecified atom stereocenters.